The second-order valence-electron chi connectivity index (χ2n) is 3.41. The molecular formula is C12H16N2O3. The lowest BCUT2D eigenvalue weighted by Gasteiger charge is -2.02. The minimum absolute atomic E-state index is 0.535. The van der Waals surface area contributed by atoms with Gasteiger partial charge in [0.2, 0.25) is 0 Å². The zero-order valence-corrected chi connectivity index (χ0v) is 9.88. The van der Waals surface area contributed by atoms with Gasteiger partial charge >= 0.3 is 0 Å². The van der Waals surface area contributed by atoms with Gasteiger partial charge in [0.1, 0.15) is 11.9 Å². The molecule has 5 nitrogen and oxygen atoms in total. The summed E-state index contributed by atoms with van der Waals surface area (Å²) >= 11 is 0. The molecular weight excluding hydrogens is 220 g/mol. The Hall–Kier alpha value is -1.88. The monoisotopic (exact) mass is 236 g/mol. The number of aliphatic hydroxyl groups excluding tert-OH is 1. The number of nitrogens with one attached hydrogen (secondary N) is 1. The third-order valence-electron chi connectivity index (χ3n) is 1.96. The van der Waals surface area contributed by atoms with Crippen LogP contribution < -0.4 is 10.2 Å². The number of hydrazone groups is 1. The van der Waals surface area contributed by atoms with E-state index in [9.17, 15) is 4.79 Å². The van der Waals surface area contributed by atoms with Crippen LogP contribution in [0.5, 0.6) is 5.75 Å². The largest absolute Gasteiger partial charge is 0.494 e. The van der Waals surface area contributed by atoms with Gasteiger partial charge in [0.15, 0.2) is 0 Å². The van der Waals surface area contributed by atoms with E-state index in [0.717, 1.165) is 11.3 Å². The molecule has 0 saturated carbocycles. The molecule has 0 fully saturated rings. The maximum Gasteiger partial charge on any atom is 0.268 e. The van der Waals surface area contributed by atoms with Crippen LogP contribution in [0.15, 0.2) is 29.4 Å². The molecule has 1 aromatic rings. The number of benzene rings is 1. The molecule has 5 heteroatoms. The van der Waals surface area contributed by atoms with Crippen LogP contribution in [0.2, 0.25) is 0 Å². The van der Waals surface area contributed by atoms with E-state index in [1.807, 2.05) is 31.2 Å². The first kappa shape index (κ1) is 13.2. The molecule has 2 N–H and O–H groups in total. The molecule has 0 radical (unpaired) electrons. The zero-order chi connectivity index (χ0) is 12.7. The summed E-state index contributed by atoms with van der Waals surface area (Å²) in [5.74, 6) is 0.254. The molecule has 0 bridgehead atoms. The lowest BCUT2D eigenvalue weighted by Crippen LogP contribution is -2.28. The maximum atomic E-state index is 11.0. The van der Waals surface area contributed by atoms with Crippen molar-refractivity contribution < 1.29 is 14.6 Å². The molecule has 17 heavy (non-hydrogen) atoms. The molecule has 1 atom stereocenters. The molecule has 0 heterocycles. The van der Waals surface area contributed by atoms with Crippen LogP contribution in [0.25, 0.3) is 0 Å². The van der Waals surface area contributed by atoms with E-state index in [-0.39, 0.29) is 0 Å². The average Bonchev–Trinajstić information content (AvgIpc) is 2.31. The Morgan fingerprint density at radius 1 is 1.53 bits per heavy atom. The molecule has 92 valence electrons. The fourth-order valence-electron chi connectivity index (χ4n) is 1.08. The zero-order valence-electron chi connectivity index (χ0n) is 9.88. The summed E-state index contributed by atoms with van der Waals surface area (Å²) in [4.78, 5) is 11.0. The van der Waals surface area contributed by atoms with Crippen molar-refractivity contribution in [3.63, 3.8) is 0 Å². The Labute approximate surface area is 100 Å². The second kappa shape index (κ2) is 6.65. The third kappa shape index (κ3) is 4.65. The van der Waals surface area contributed by atoms with Crippen molar-refractivity contribution in [2.24, 2.45) is 5.10 Å². The number of rotatable bonds is 5. The summed E-state index contributed by atoms with van der Waals surface area (Å²) in [5.41, 5.74) is 3.05. The van der Waals surface area contributed by atoms with Gasteiger partial charge in [0.05, 0.1) is 12.8 Å². The van der Waals surface area contributed by atoms with Crippen molar-refractivity contribution >= 4 is 12.1 Å². The van der Waals surface area contributed by atoms with Gasteiger partial charge in [0, 0.05) is 0 Å². The number of carbonyl (C=O) groups is 1. The van der Waals surface area contributed by atoms with Crippen LogP contribution in [-0.4, -0.2) is 29.9 Å². The van der Waals surface area contributed by atoms with E-state index < -0.39 is 12.0 Å². The first-order chi connectivity index (χ1) is 8.13. The number of hydrogen-bond acceptors (Lipinski definition) is 4. The molecule has 1 aromatic carbocycles. The molecule has 0 spiro atoms. The SMILES string of the molecule is CCOc1ccc(/C=N\NC(=O)[C@H](C)O)cc1. The molecule has 0 aliphatic carbocycles. The van der Waals surface area contributed by atoms with Gasteiger partial charge < -0.3 is 9.84 Å². The first-order valence-electron chi connectivity index (χ1n) is 5.37. The molecule has 0 saturated heterocycles. The van der Waals surface area contributed by atoms with E-state index in [1.165, 1.54) is 13.1 Å². The molecule has 1 rings (SSSR count). The van der Waals surface area contributed by atoms with Gasteiger partial charge in [-0.3, -0.25) is 4.79 Å². The summed E-state index contributed by atoms with van der Waals surface area (Å²) < 4.78 is 5.29. The van der Waals surface area contributed by atoms with Crippen molar-refractivity contribution in [2.75, 3.05) is 6.61 Å². The van der Waals surface area contributed by atoms with Crippen molar-refractivity contribution in [1.29, 1.82) is 0 Å². The minimum Gasteiger partial charge on any atom is -0.494 e. The minimum atomic E-state index is -1.06. The van der Waals surface area contributed by atoms with Gasteiger partial charge in [-0.1, -0.05) is 0 Å². The number of amides is 1. The van der Waals surface area contributed by atoms with Crippen molar-refractivity contribution in [3.05, 3.63) is 29.8 Å². The number of hydrogen-bond donors (Lipinski definition) is 2. The van der Waals surface area contributed by atoms with Crippen molar-refractivity contribution in [2.45, 2.75) is 20.0 Å². The predicted octanol–water partition coefficient (Wildman–Crippen LogP) is 0.916. The van der Waals surface area contributed by atoms with Gasteiger partial charge in [-0.05, 0) is 43.7 Å². The highest BCUT2D eigenvalue weighted by Crippen LogP contribution is 2.10. The standard InChI is InChI=1S/C12H16N2O3/c1-3-17-11-6-4-10(5-7-11)8-13-14-12(16)9(2)15/h4-9,15H,3H2,1-2H3,(H,14,16)/b13-8-/t9-/m0/s1. The number of carbonyl (C=O) groups excluding carboxylic acids is 1. The van der Waals surface area contributed by atoms with Crippen molar-refractivity contribution in [3.8, 4) is 5.75 Å². The van der Waals surface area contributed by atoms with Crippen LogP contribution in [-0.2, 0) is 4.79 Å². The normalized spacial score (nSPS) is 12.4. The highest BCUT2D eigenvalue weighted by Gasteiger charge is 2.05. The number of ether oxygens (including phenoxy) is 1. The highest BCUT2D eigenvalue weighted by atomic mass is 16.5. The van der Waals surface area contributed by atoms with Crippen LogP contribution >= 0.6 is 0 Å². The summed E-state index contributed by atoms with van der Waals surface area (Å²) in [6.07, 6.45) is 0.434. The fraction of sp³-hybridized carbons (Fsp3) is 0.333. The van der Waals surface area contributed by atoms with E-state index in [0.29, 0.717) is 6.61 Å². The van der Waals surface area contributed by atoms with Gasteiger partial charge in [-0.25, -0.2) is 5.43 Å². The van der Waals surface area contributed by atoms with E-state index >= 15 is 0 Å². The third-order valence-corrected chi connectivity index (χ3v) is 1.96. The Morgan fingerprint density at radius 3 is 2.71 bits per heavy atom. The smallest absolute Gasteiger partial charge is 0.268 e. The molecule has 1 amide bonds. The van der Waals surface area contributed by atoms with Gasteiger partial charge in [0.25, 0.3) is 5.91 Å². The van der Waals surface area contributed by atoms with Gasteiger partial charge in [-0.2, -0.15) is 5.10 Å². The summed E-state index contributed by atoms with van der Waals surface area (Å²) in [7, 11) is 0. The van der Waals surface area contributed by atoms with Crippen LogP contribution in [0.1, 0.15) is 19.4 Å². The maximum absolute atomic E-state index is 11.0. The topological polar surface area (TPSA) is 70.9 Å². The summed E-state index contributed by atoms with van der Waals surface area (Å²) in [6, 6.07) is 7.29. The molecule has 0 aliphatic rings. The van der Waals surface area contributed by atoms with Crippen LogP contribution in [0, 0.1) is 0 Å². The molecule has 0 aromatic heterocycles. The van der Waals surface area contributed by atoms with E-state index in [4.69, 9.17) is 9.84 Å². The Kier molecular flexibility index (Phi) is 5.16. The summed E-state index contributed by atoms with van der Waals surface area (Å²) in [5, 5.41) is 12.6. The van der Waals surface area contributed by atoms with Crippen LogP contribution in [0.3, 0.4) is 0 Å². The highest BCUT2D eigenvalue weighted by molar-refractivity contribution is 5.84. The lowest BCUT2D eigenvalue weighted by molar-refractivity contribution is -0.128. The van der Waals surface area contributed by atoms with Crippen LogP contribution in [0.4, 0.5) is 0 Å². The molecule has 0 aliphatic heterocycles. The van der Waals surface area contributed by atoms with E-state index in [2.05, 4.69) is 10.5 Å². The Morgan fingerprint density at radius 2 is 2.18 bits per heavy atom. The Balaban J connectivity index is 2.51. The van der Waals surface area contributed by atoms with Gasteiger partial charge in [-0.15, -0.1) is 0 Å². The lowest BCUT2D eigenvalue weighted by atomic mass is 10.2. The fourth-order valence-corrected chi connectivity index (χ4v) is 1.08. The quantitative estimate of drug-likeness (QED) is 0.590. The molecule has 0 unspecified atom stereocenters. The average molecular weight is 236 g/mol. The number of nitrogens with zero attached hydrogens (tertiary/aromatic N) is 1. The summed E-state index contributed by atoms with van der Waals surface area (Å²) in [6.45, 7) is 3.92. The van der Waals surface area contributed by atoms with E-state index in [1.54, 1.807) is 0 Å². The first-order valence-corrected chi connectivity index (χ1v) is 5.37. The number of aliphatic hydroxyl groups is 1. The Bertz CT molecular complexity index is 385. The second-order valence-corrected chi connectivity index (χ2v) is 3.41. The predicted molar refractivity (Wildman–Crippen MR) is 65.0 cm³/mol. The van der Waals surface area contributed by atoms with Crippen molar-refractivity contribution in [1.82, 2.24) is 5.43 Å².